The van der Waals surface area contributed by atoms with Crippen molar-refractivity contribution in [2.24, 2.45) is 5.73 Å². The van der Waals surface area contributed by atoms with Gasteiger partial charge >= 0.3 is 6.03 Å². The molecule has 0 fully saturated rings. The summed E-state index contributed by atoms with van der Waals surface area (Å²) in [4.78, 5) is 23.7. The molecule has 6 nitrogen and oxygen atoms in total. The van der Waals surface area contributed by atoms with E-state index in [0.717, 1.165) is 11.1 Å². The molecule has 0 heterocycles. The number of nitrogens with one attached hydrogen (secondary N) is 1. The molecular formula is C22H24N2O4. The van der Waals surface area contributed by atoms with Crippen molar-refractivity contribution in [2.75, 3.05) is 7.11 Å². The zero-order chi connectivity index (χ0) is 20.7. The van der Waals surface area contributed by atoms with Gasteiger partial charge in [0, 0.05) is 5.56 Å². The molecule has 0 spiro atoms. The van der Waals surface area contributed by atoms with Gasteiger partial charge in [-0.3, -0.25) is 10.1 Å². The molecule has 0 aromatic heterocycles. The third kappa shape index (κ3) is 5.23. The lowest BCUT2D eigenvalue weighted by atomic mass is 9.96. The van der Waals surface area contributed by atoms with Crippen LogP contribution in [0.4, 0.5) is 4.79 Å². The number of aromatic hydroxyl groups is 1. The van der Waals surface area contributed by atoms with E-state index < -0.39 is 11.9 Å². The van der Waals surface area contributed by atoms with E-state index in [9.17, 15) is 14.7 Å². The maximum Gasteiger partial charge on any atom is 0.319 e. The number of amides is 3. The number of rotatable bonds is 6. The number of imide groups is 1. The summed E-state index contributed by atoms with van der Waals surface area (Å²) in [5.74, 6) is -0.583. The Morgan fingerprint density at radius 3 is 2.43 bits per heavy atom. The second-order valence-electron chi connectivity index (χ2n) is 6.42. The molecule has 0 saturated carbocycles. The van der Waals surface area contributed by atoms with Gasteiger partial charge < -0.3 is 15.6 Å². The number of primary amides is 1. The Morgan fingerprint density at radius 2 is 1.86 bits per heavy atom. The third-order valence-corrected chi connectivity index (χ3v) is 4.05. The molecular weight excluding hydrogens is 356 g/mol. The predicted octanol–water partition coefficient (Wildman–Crippen LogP) is 3.89. The first kappa shape index (κ1) is 20.8. The van der Waals surface area contributed by atoms with Gasteiger partial charge in [0.1, 0.15) is 11.5 Å². The van der Waals surface area contributed by atoms with Crippen LogP contribution in [0, 0.1) is 0 Å². The first-order chi connectivity index (χ1) is 13.3. The highest BCUT2D eigenvalue weighted by Gasteiger charge is 2.22. The predicted molar refractivity (Wildman–Crippen MR) is 110 cm³/mol. The molecule has 0 aliphatic carbocycles. The van der Waals surface area contributed by atoms with Crippen molar-refractivity contribution in [3.05, 3.63) is 70.3 Å². The smallest absolute Gasteiger partial charge is 0.319 e. The van der Waals surface area contributed by atoms with E-state index in [1.165, 1.54) is 7.11 Å². The molecule has 2 aromatic carbocycles. The Balaban J connectivity index is 2.62. The van der Waals surface area contributed by atoms with Crippen molar-refractivity contribution in [1.29, 1.82) is 0 Å². The number of carbonyl (C=O) groups is 2. The molecule has 0 aliphatic heterocycles. The highest BCUT2D eigenvalue weighted by molar-refractivity contribution is 6.08. The molecule has 146 valence electrons. The van der Waals surface area contributed by atoms with Crippen LogP contribution in [0.1, 0.15) is 40.9 Å². The summed E-state index contributed by atoms with van der Waals surface area (Å²) in [5, 5.41) is 12.8. The lowest BCUT2D eigenvalue weighted by Crippen LogP contribution is -2.35. The zero-order valence-corrected chi connectivity index (χ0v) is 16.2. The van der Waals surface area contributed by atoms with Crippen LogP contribution in [0.2, 0.25) is 0 Å². The number of phenols is 1. The molecule has 0 saturated heterocycles. The van der Waals surface area contributed by atoms with Crippen molar-refractivity contribution >= 4 is 24.1 Å². The second-order valence-corrected chi connectivity index (χ2v) is 6.42. The van der Waals surface area contributed by atoms with Crippen LogP contribution < -0.4 is 15.8 Å². The van der Waals surface area contributed by atoms with Gasteiger partial charge in [0.2, 0.25) is 0 Å². The number of urea groups is 1. The first-order valence-electron chi connectivity index (χ1n) is 8.73. The van der Waals surface area contributed by atoms with Gasteiger partial charge in [0.25, 0.3) is 5.91 Å². The molecule has 3 amide bonds. The Labute approximate surface area is 164 Å². The van der Waals surface area contributed by atoms with Crippen LogP contribution in [0.25, 0.3) is 12.2 Å². The number of hydrogen-bond acceptors (Lipinski definition) is 4. The molecule has 0 bridgehead atoms. The lowest BCUT2D eigenvalue weighted by Gasteiger charge is -2.16. The van der Waals surface area contributed by atoms with Crippen molar-refractivity contribution in [2.45, 2.75) is 20.3 Å². The molecule has 6 heteroatoms. The normalized spacial score (nSPS) is 10.5. The highest BCUT2D eigenvalue weighted by Crippen LogP contribution is 2.36. The van der Waals surface area contributed by atoms with Gasteiger partial charge in [-0.05, 0) is 37.5 Å². The molecule has 0 radical (unpaired) electrons. The topological polar surface area (TPSA) is 102 Å². The number of phenolic OH excluding ortho intramolecular Hbond substituents is 1. The number of hydrogen-bond donors (Lipinski definition) is 3. The van der Waals surface area contributed by atoms with Crippen LogP contribution in [0.5, 0.6) is 11.5 Å². The maximum atomic E-state index is 12.5. The van der Waals surface area contributed by atoms with Crippen LogP contribution in [-0.2, 0) is 6.42 Å². The number of allylic oxidation sites excluding steroid dienone is 2. The van der Waals surface area contributed by atoms with E-state index in [0.29, 0.717) is 23.3 Å². The Morgan fingerprint density at radius 1 is 1.18 bits per heavy atom. The first-order valence-corrected chi connectivity index (χ1v) is 8.73. The second kappa shape index (κ2) is 9.41. The van der Waals surface area contributed by atoms with Crippen LogP contribution in [0.15, 0.2) is 48.0 Å². The van der Waals surface area contributed by atoms with E-state index in [-0.39, 0.29) is 11.3 Å². The van der Waals surface area contributed by atoms with Crippen molar-refractivity contribution in [3.8, 4) is 11.5 Å². The van der Waals surface area contributed by atoms with Crippen molar-refractivity contribution < 1.29 is 19.4 Å². The van der Waals surface area contributed by atoms with Gasteiger partial charge in [-0.2, -0.15) is 0 Å². The minimum absolute atomic E-state index is 0.0380. The SMILES string of the molecule is COc1cc(C=Cc2ccccc2)c(C(=O)NC(N)=O)c(O)c1CC=C(C)C. The molecule has 28 heavy (non-hydrogen) atoms. The molecule has 0 unspecified atom stereocenters. The molecule has 0 aliphatic rings. The summed E-state index contributed by atoms with van der Waals surface area (Å²) in [7, 11) is 1.49. The van der Waals surface area contributed by atoms with Crippen LogP contribution >= 0.6 is 0 Å². The highest BCUT2D eigenvalue weighted by atomic mass is 16.5. The fourth-order valence-corrected chi connectivity index (χ4v) is 2.69. The number of methoxy groups -OCH3 is 1. The Bertz CT molecular complexity index is 927. The minimum atomic E-state index is -0.996. The van der Waals surface area contributed by atoms with Crippen LogP contribution in [-0.4, -0.2) is 24.2 Å². The molecule has 2 rings (SSSR count). The number of ether oxygens (including phenoxy) is 1. The summed E-state index contributed by atoms with van der Waals surface area (Å²) in [6.07, 6.45) is 5.76. The number of carbonyl (C=O) groups excluding carboxylic acids is 2. The van der Waals surface area contributed by atoms with E-state index in [1.54, 1.807) is 18.2 Å². The quantitative estimate of drug-likeness (QED) is 0.523. The van der Waals surface area contributed by atoms with Crippen molar-refractivity contribution in [3.63, 3.8) is 0 Å². The maximum absolute atomic E-state index is 12.5. The fraction of sp³-hybridized carbons (Fsp3) is 0.182. The van der Waals surface area contributed by atoms with Crippen LogP contribution in [0.3, 0.4) is 0 Å². The monoisotopic (exact) mass is 380 g/mol. The molecule has 2 aromatic rings. The minimum Gasteiger partial charge on any atom is -0.507 e. The summed E-state index contributed by atoms with van der Waals surface area (Å²) >= 11 is 0. The average Bonchev–Trinajstić information content (AvgIpc) is 2.64. The average molecular weight is 380 g/mol. The summed E-state index contributed by atoms with van der Waals surface area (Å²) < 4.78 is 5.42. The number of benzene rings is 2. The standard InChI is InChI=1S/C22H24N2O4/c1-14(2)9-12-17-18(28-3)13-16(11-10-15-7-5-4-6-8-15)19(20(17)25)21(26)24-22(23)27/h4-11,13,25H,12H2,1-3H3,(H3,23,24,26,27). The Kier molecular flexibility index (Phi) is 6.98. The lowest BCUT2D eigenvalue weighted by molar-refractivity contribution is 0.0963. The largest absolute Gasteiger partial charge is 0.507 e. The van der Waals surface area contributed by atoms with E-state index in [1.807, 2.05) is 55.6 Å². The summed E-state index contributed by atoms with van der Waals surface area (Å²) in [6.45, 7) is 3.86. The van der Waals surface area contributed by atoms with Gasteiger partial charge in [0.15, 0.2) is 0 Å². The molecule has 0 atom stereocenters. The van der Waals surface area contributed by atoms with Gasteiger partial charge in [0.05, 0.1) is 12.7 Å². The summed E-state index contributed by atoms with van der Waals surface area (Å²) in [5.41, 5.74) is 7.87. The number of nitrogens with two attached hydrogens (primary N) is 1. The van der Waals surface area contributed by atoms with E-state index in [4.69, 9.17) is 10.5 Å². The van der Waals surface area contributed by atoms with Gasteiger partial charge in [-0.1, -0.05) is 54.1 Å². The van der Waals surface area contributed by atoms with E-state index in [2.05, 4.69) is 0 Å². The van der Waals surface area contributed by atoms with E-state index >= 15 is 0 Å². The summed E-state index contributed by atoms with van der Waals surface area (Å²) in [6, 6.07) is 10.1. The van der Waals surface area contributed by atoms with Gasteiger partial charge in [-0.15, -0.1) is 0 Å². The van der Waals surface area contributed by atoms with Crippen molar-refractivity contribution in [1.82, 2.24) is 5.32 Å². The molecule has 4 N–H and O–H groups in total. The third-order valence-electron chi connectivity index (χ3n) is 4.05. The Hall–Kier alpha value is -3.54. The zero-order valence-electron chi connectivity index (χ0n) is 16.2. The fourth-order valence-electron chi connectivity index (χ4n) is 2.69. The van der Waals surface area contributed by atoms with Gasteiger partial charge in [-0.25, -0.2) is 4.79 Å².